The van der Waals surface area contributed by atoms with Gasteiger partial charge in [0.1, 0.15) is 0 Å². The number of benzene rings is 1. The van der Waals surface area contributed by atoms with Crippen LogP contribution in [0.2, 0.25) is 0 Å². The quantitative estimate of drug-likeness (QED) is 0.824. The highest BCUT2D eigenvalue weighted by molar-refractivity contribution is 7.18. The van der Waals surface area contributed by atoms with Crippen LogP contribution in [0.15, 0.2) is 24.3 Å². The molecule has 1 N–H and O–H groups in total. The molecule has 1 aromatic carbocycles. The van der Waals surface area contributed by atoms with Crippen molar-refractivity contribution < 1.29 is 9.53 Å². The molecule has 3 rings (SSSR count). The number of hydrogen-bond acceptors (Lipinski definition) is 5. The Morgan fingerprint density at radius 2 is 2.16 bits per heavy atom. The zero-order chi connectivity index (χ0) is 17.6. The molecule has 0 spiro atoms. The number of amides is 1. The average molecular weight is 362 g/mol. The maximum atomic E-state index is 12.2. The maximum absolute atomic E-state index is 12.2. The number of aromatic nitrogens is 1. The van der Waals surface area contributed by atoms with E-state index in [1.165, 1.54) is 4.70 Å². The largest absolute Gasteiger partial charge is 0.378 e. The number of likely N-dealkylation sites (tertiary alicyclic amines) is 1. The molecule has 136 valence electrons. The summed E-state index contributed by atoms with van der Waals surface area (Å²) < 4.78 is 6.86. The molecular formula is C19H27N3O2S. The Labute approximate surface area is 153 Å². The first-order valence-corrected chi connectivity index (χ1v) is 9.93. The van der Waals surface area contributed by atoms with E-state index >= 15 is 0 Å². The Morgan fingerprint density at radius 3 is 2.88 bits per heavy atom. The van der Waals surface area contributed by atoms with Crippen LogP contribution in [0.4, 0.5) is 0 Å². The lowest BCUT2D eigenvalue weighted by atomic mass is 10.1. The lowest BCUT2D eigenvalue weighted by Gasteiger charge is -2.31. The zero-order valence-corrected chi connectivity index (χ0v) is 15.8. The number of piperidine rings is 1. The molecule has 0 aliphatic carbocycles. The average Bonchev–Trinajstić information content (AvgIpc) is 3.06. The molecular weight excluding hydrogens is 334 g/mol. The van der Waals surface area contributed by atoms with Crippen LogP contribution in [-0.4, -0.2) is 54.7 Å². The van der Waals surface area contributed by atoms with Crippen molar-refractivity contribution in [3.05, 3.63) is 29.3 Å². The van der Waals surface area contributed by atoms with Gasteiger partial charge in [-0.25, -0.2) is 4.98 Å². The van der Waals surface area contributed by atoms with Gasteiger partial charge in [-0.05, 0) is 31.9 Å². The summed E-state index contributed by atoms with van der Waals surface area (Å²) in [6.45, 7) is 7.91. The molecule has 1 aromatic heterocycles. The van der Waals surface area contributed by atoms with Gasteiger partial charge in [0, 0.05) is 32.2 Å². The van der Waals surface area contributed by atoms with E-state index < -0.39 is 0 Å². The fourth-order valence-electron chi connectivity index (χ4n) is 3.18. The van der Waals surface area contributed by atoms with Gasteiger partial charge in [-0.1, -0.05) is 19.1 Å². The topological polar surface area (TPSA) is 54.5 Å². The van der Waals surface area contributed by atoms with E-state index in [9.17, 15) is 4.79 Å². The zero-order valence-electron chi connectivity index (χ0n) is 15.0. The van der Waals surface area contributed by atoms with Crippen molar-refractivity contribution in [1.29, 1.82) is 0 Å². The highest BCUT2D eigenvalue weighted by atomic mass is 32.1. The molecule has 2 heterocycles. The van der Waals surface area contributed by atoms with Crippen molar-refractivity contribution in [2.45, 2.75) is 38.7 Å². The third kappa shape index (κ3) is 5.00. The van der Waals surface area contributed by atoms with Crippen LogP contribution < -0.4 is 5.32 Å². The van der Waals surface area contributed by atoms with Crippen LogP contribution in [0.5, 0.6) is 0 Å². The Morgan fingerprint density at radius 1 is 1.40 bits per heavy atom. The van der Waals surface area contributed by atoms with Crippen molar-refractivity contribution >= 4 is 27.5 Å². The number of thiazole rings is 1. The van der Waals surface area contributed by atoms with Crippen molar-refractivity contribution in [2.75, 3.05) is 32.8 Å². The van der Waals surface area contributed by atoms with E-state index in [2.05, 4.69) is 28.2 Å². The Hall–Kier alpha value is -1.50. The van der Waals surface area contributed by atoms with Crippen LogP contribution in [0.25, 0.3) is 10.2 Å². The van der Waals surface area contributed by atoms with Gasteiger partial charge in [-0.2, -0.15) is 0 Å². The number of carbonyl (C=O) groups excluding carboxylic acids is 1. The van der Waals surface area contributed by atoms with E-state index in [1.807, 2.05) is 25.1 Å². The third-order valence-corrected chi connectivity index (χ3v) is 5.91. The van der Waals surface area contributed by atoms with E-state index in [4.69, 9.17) is 4.74 Å². The minimum atomic E-state index is 0.0998. The van der Waals surface area contributed by atoms with Crippen molar-refractivity contribution in [2.24, 2.45) is 0 Å². The van der Waals surface area contributed by atoms with Crippen molar-refractivity contribution in [3.8, 4) is 0 Å². The van der Waals surface area contributed by atoms with E-state index in [-0.39, 0.29) is 11.8 Å². The number of rotatable bonds is 7. The minimum absolute atomic E-state index is 0.0998. The molecule has 25 heavy (non-hydrogen) atoms. The fraction of sp³-hybridized carbons (Fsp3) is 0.579. The van der Waals surface area contributed by atoms with E-state index in [0.717, 1.165) is 43.1 Å². The number of nitrogens with one attached hydrogen (secondary N) is 1. The summed E-state index contributed by atoms with van der Waals surface area (Å²) in [5.41, 5.74) is 1.04. The molecule has 1 fully saturated rings. The molecule has 5 nitrogen and oxygen atoms in total. The molecule has 0 radical (unpaired) electrons. The first-order chi connectivity index (χ1) is 12.2. The van der Waals surface area contributed by atoms with Gasteiger partial charge in [0.05, 0.1) is 27.9 Å². The number of ether oxygens (including phenoxy) is 1. The molecule has 0 unspecified atom stereocenters. The summed E-state index contributed by atoms with van der Waals surface area (Å²) in [5.74, 6) is 0.327. The monoisotopic (exact) mass is 361 g/mol. The molecule has 1 aliphatic heterocycles. The van der Waals surface area contributed by atoms with Gasteiger partial charge in [-0.15, -0.1) is 11.3 Å². The molecule has 2 aromatic rings. The molecule has 0 saturated carbocycles. The molecule has 1 amide bonds. The Balaban J connectivity index is 1.43. The summed E-state index contributed by atoms with van der Waals surface area (Å²) in [7, 11) is 0. The van der Waals surface area contributed by atoms with Crippen LogP contribution in [0, 0.1) is 0 Å². The number of hydrogen-bond donors (Lipinski definition) is 1. The third-order valence-electron chi connectivity index (χ3n) is 4.64. The normalized spacial score (nSPS) is 17.7. The summed E-state index contributed by atoms with van der Waals surface area (Å²) in [6.07, 6.45) is 2.40. The SMILES string of the molecule is CCOC1CCN(CC(=O)NC[C@@H](C)c2nc3ccccc3s2)CC1. The first-order valence-electron chi connectivity index (χ1n) is 9.11. The lowest BCUT2D eigenvalue weighted by Crippen LogP contribution is -2.43. The number of carbonyl (C=O) groups is 1. The summed E-state index contributed by atoms with van der Waals surface area (Å²) >= 11 is 1.71. The van der Waals surface area contributed by atoms with Gasteiger partial charge in [0.15, 0.2) is 0 Å². The molecule has 1 atom stereocenters. The van der Waals surface area contributed by atoms with Gasteiger partial charge in [0.25, 0.3) is 0 Å². The minimum Gasteiger partial charge on any atom is -0.378 e. The number of nitrogens with zero attached hydrogens (tertiary/aromatic N) is 2. The maximum Gasteiger partial charge on any atom is 0.234 e. The number of para-hydroxylation sites is 1. The highest BCUT2D eigenvalue weighted by Crippen LogP contribution is 2.26. The Kier molecular flexibility index (Phi) is 6.39. The second-order valence-electron chi connectivity index (χ2n) is 6.66. The standard InChI is InChI=1S/C19H27N3O2S/c1-3-24-15-8-10-22(11-9-15)13-18(23)20-12-14(2)19-21-16-6-4-5-7-17(16)25-19/h4-7,14-15H,3,8-13H2,1-2H3,(H,20,23)/t14-/m1/s1. The second kappa shape index (κ2) is 8.74. The smallest absolute Gasteiger partial charge is 0.234 e. The van der Waals surface area contributed by atoms with Crippen LogP contribution >= 0.6 is 11.3 Å². The first kappa shape index (κ1) is 18.3. The summed E-state index contributed by atoms with van der Waals surface area (Å²) in [5, 5.41) is 4.15. The van der Waals surface area contributed by atoms with Gasteiger partial charge >= 0.3 is 0 Å². The van der Waals surface area contributed by atoms with Gasteiger partial charge in [0.2, 0.25) is 5.91 Å². The molecule has 1 saturated heterocycles. The Bertz CT molecular complexity index is 662. The predicted octanol–water partition coefficient (Wildman–Crippen LogP) is 3.02. The van der Waals surface area contributed by atoms with Crippen molar-refractivity contribution in [1.82, 2.24) is 15.2 Å². The number of fused-ring (bicyclic) bond motifs is 1. The predicted molar refractivity (Wildman–Crippen MR) is 102 cm³/mol. The fourth-order valence-corrected chi connectivity index (χ4v) is 4.20. The molecule has 1 aliphatic rings. The van der Waals surface area contributed by atoms with Crippen LogP contribution in [0.3, 0.4) is 0 Å². The second-order valence-corrected chi connectivity index (χ2v) is 7.72. The lowest BCUT2D eigenvalue weighted by molar-refractivity contribution is -0.123. The van der Waals surface area contributed by atoms with Crippen LogP contribution in [-0.2, 0) is 9.53 Å². The molecule has 6 heteroatoms. The highest BCUT2D eigenvalue weighted by Gasteiger charge is 2.21. The van der Waals surface area contributed by atoms with Crippen LogP contribution in [0.1, 0.15) is 37.6 Å². The summed E-state index contributed by atoms with van der Waals surface area (Å²) in [6, 6.07) is 8.17. The van der Waals surface area contributed by atoms with E-state index in [1.54, 1.807) is 11.3 Å². The van der Waals surface area contributed by atoms with Crippen molar-refractivity contribution in [3.63, 3.8) is 0 Å². The van der Waals surface area contributed by atoms with E-state index in [0.29, 0.717) is 19.2 Å². The summed E-state index contributed by atoms with van der Waals surface area (Å²) in [4.78, 5) is 19.1. The molecule has 0 bridgehead atoms. The van der Waals surface area contributed by atoms with Gasteiger partial charge < -0.3 is 10.1 Å². The van der Waals surface area contributed by atoms with Gasteiger partial charge in [-0.3, -0.25) is 9.69 Å².